The Morgan fingerprint density at radius 3 is 2.87 bits per heavy atom. The molecule has 0 aliphatic carbocycles. The first kappa shape index (κ1) is 11.8. The summed E-state index contributed by atoms with van der Waals surface area (Å²) in [5.74, 6) is 0.0184. The van der Waals surface area contributed by atoms with Gasteiger partial charge in [0.2, 0.25) is 5.91 Å². The first-order valence-corrected chi connectivity index (χ1v) is 5.27. The largest absolute Gasteiger partial charge is 0.358 e. The van der Waals surface area contributed by atoms with Gasteiger partial charge in [0, 0.05) is 32.5 Å². The summed E-state index contributed by atoms with van der Waals surface area (Å²) in [5.41, 5.74) is 1.20. The Morgan fingerprint density at radius 2 is 2.33 bits per heavy atom. The second-order valence-corrected chi connectivity index (χ2v) is 3.57. The lowest BCUT2D eigenvalue weighted by Gasteiger charge is -2.10. The molecule has 0 saturated heterocycles. The van der Waals surface area contributed by atoms with Gasteiger partial charge in [0.25, 0.3) is 0 Å². The van der Waals surface area contributed by atoms with Gasteiger partial charge in [-0.25, -0.2) is 0 Å². The average Bonchev–Trinajstić information content (AvgIpc) is 2.72. The minimum Gasteiger partial charge on any atom is -0.358 e. The normalized spacial score (nSPS) is 12.5. The molecule has 84 valence electrons. The van der Waals surface area contributed by atoms with E-state index in [-0.39, 0.29) is 11.9 Å². The zero-order valence-electron chi connectivity index (χ0n) is 9.58. The Balaban J connectivity index is 2.39. The predicted octanol–water partition coefficient (Wildman–Crippen LogP) is 0.732. The van der Waals surface area contributed by atoms with Crippen molar-refractivity contribution in [3.63, 3.8) is 0 Å². The molecular weight excluding hydrogens is 190 g/mol. The van der Waals surface area contributed by atoms with Crippen LogP contribution in [0.1, 0.15) is 19.4 Å². The molecule has 0 aliphatic rings. The van der Waals surface area contributed by atoms with Crippen molar-refractivity contribution in [1.29, 1.82) is 0 Å². The van der Waals surface area contributed by atoms with E-state index >= 15 is 0 Å². The smallest absolute Gasteiger partial charge is 0.236 e. The number of nitrogens with one attached hydrogen (secondary N) is 2. The summed E-state index contributed by atoms with van der Waals surface area (Å²) in [5, 5.41) is 5.77. The zero-order chi connectivity index (χ0) is 11.3. The summed E-state index contributed by atoms with van der Waals surface area (Å²) in [6.07, 6.45) is 4.13. The van der Waals surface area contributed by atoms with Crippen LogP contribution in [0.2, 0.25) is 0 Å². The minimum absolute atomic E-state index is 0.0184. The van der Waals surface area contributed by atoms with Crippen molar-refractivity contribution in [3.8, 4) is 0 Å². The third-order valence-electron chi connectivity index (χ3n) is 2.43. The highest BCUT2D eigenvalue weighted by atomic mass is 16.2. The van der Waals surface area contributed by atoms with Gasteiger partial charge in [-0.05, 0) is 25.5 Å². The van der Waals surface area contributed by atoms with Crippen LogP contribution in [-0.2, 0) is 17.9 Å². The zero-order valence-corrected chi connectivity index (χ0v) is 9.58. The fourth-order valence-electron chi connectivity index (χ4n) is 1.37. The van der Waals surface area contributed by atoms with E-state index in [1.807, 2.05) is 13.1 Å². The standard InChI is InChI=1S/C11H19N3O/c1-4-14-6-5-10(8-14)7-13-9(2)11(15)12-3/h5-6,8-9,13H,4,7H2,1-3H3,(H,12,15). The van der Waals surface area contributed by atoms with Crippen LogP contribution in [0.5, 0.6) is 0 Å². The highest BCUT2D eigenvalue weighted by Gasteiger charge is 2.09. The molecule has 0 aliphatic heterocycles. The third kappa shape index (κ3) is 3.40. The molecule has 0 saturated carbocycles. The molecule has 1 aromatic heterocycles. The van der Waals surface area contributed by atoms with Gasteiger partial charge in [-0.1, -0.05) is 0 Å². The lowest BCUT2D eigenvalue weighted by Crippen LogP contribution is -2.40. The average molecular weight is 209 g/mol. The first-order chi connectivity index (χ1) is 7.17. The molecule has 0 bridgehead atoms. The van der Waals surface area contributed by atoms with E-state index in [0.717, 1.165) is 13.1 Å². The van der Waals surface area contributed by atoms with E-state index in [1.54, 1.807) is 7.05 Å². The van der Waals surface area contributed by atoms with Crippen molar-refractivity contribution in [2.45, 2.75) is 33.0 Å². The predicted molar refractivity (Wildman–Crippen MR) is 60.5 cm³/mol. The van der Waals surface area contributed by atoms with Crippen molar-refractivity contribution < 1.29 is 4.79 Å². The first-order valence-electron chi connectivity index (χ1n) is 5.27. The van der Waals surface area contributed by atoms with E-state index in [2.05, 4.69) is 34.4 Å². The number of amides is 1. The molecular formula is C11H19N3O. The molecule has 0 aromatic carbocycles. The van der Waals surface area contributed by atoms with Crippen LogP contribution in [0.3, 0.4) is 0 Å². The maximum absolute atomic E-state index is 11.2. The number of aromatic nitrogens is 1. The Labute approximate surface area is 90.7 Å². The van der Waals surface area contributed by atoms with Gasteiger partial charge in [-0.2, -0.15) is 0 Å². The SMILES string of the molecule is CCn1ccc(CNC(C)C(=O)NC)c1. The van der Waals surface area contributed by atoms with E-state index in [9.17, 15) is 4.79 Å². The summed E-state index contributed by atoms with van der Waals surface area (Å²) in [4.78, 5) is 11.2. The van der Waals surface area contributed by atoms with Crippen LogP contribution >= 0.6 is 0 Å². The molecule has 1 heterocycles. The van der Waals surface area contributed by atoms with Crippen molar-refractivity contribution in [3.05, 3.63) is 24.0 Å². The number of nitrogens with zero attached hydrogens (tertiary/aromatic N) is 1. The quantitative estimate of drug-likeness (QED) is 0.751. The van der Waals surface area contributed by atoms with E-state index in [0.29, 0.717) is 0 Å². The minimum atomic E-state index is -0.153. The molecule has 4 nitrogen and oxygen atoms in total. The van der Waals surface area contributed by atoms with Crippen LogP contribution in [0, 0.1) is 0 Å². The Hall–Kier alpha value is -1.29. The van der Waals surface area contributed by atoms with Gasteiger partial charge in [-0.3, -0.25) is 4.79 Å². The van der Waals surface area contributed by atoms with Crippen molar-refractivity contribution in [2.24, 2.45) is 0 Å². The second-order valence-electron chi connectivity index (χ2n) is 3.57. The van der Waals surface area contributed by atoms with E-state index < -0.39 is 0 Å². The number of rotatable bonds is 5. The van der Waals surface area contributed by atoms with Crippen LogP contribution in [0.4, 0.5) is 0 Å². The Kier molecular flexibility index (Phi) is 4.37. The molecule has 15 heavy (non-hydrogen) atoms. The van der Waals surface area contributed by atoms with Gasteiger partial charge in [0.15, 0.2) is 0 Å². The maximum atomic E-state index is 11.2. The highest BCUT2D eigenvalue weighted by molar-refractivity contribution is 5.80. The summed E-state index contributed by atoms with van der Waals surface area (Å²) >= 11 is 0. The Bertz CT molecular complexity index is 319. The third-order valence-corrected chi connectivity index (χ3v) is 2.43. The lowest BCUT2D eigenvalue weighted by atomic mass is 10.3. The van der Waals surface area contributed by atoms with Crippen LogP contribution in [-0.4, -0.2) is 23.6 Å². The van der Waals surface area contributed by atoms with Crippen LogP contribution in [0.15, 0.2) is 18.5 Å². The fraction of sp³-hybridized carbons (Fsp3) is 0.545. The monoisotopic (exact) mass is 209 g/mol. The Morgan fingerprint density at radius 1 is 1.60 bits per heavy atom. The van der Waals surface area contributed by atoms with Gasteiger partial charge in [-0.15, -0.1) is 0 Å². The molecule has 1 aromatic rings. The second kappa shape index (κ2) is 5.56. The van der Waals surface area contributed by atoms with E-state index in [1.165, 1.54) is 5.56 Å². The summed E-state index contributed by atoms with van der Waals surface area (Å²) in [6, 6.07) is 1.91. The molecule has 1 rings (SSSR count). The van der Waals surface area contributed by atoms with Crippen LogP contribution < -0.4 is 10.6 Å². The highest BCUT2D eigenvalue weighted by Crippen LogP contribution is 2.01. The number of carbonyl (C=O) groups excluding carboxylic acids is 1. The van der Waals surface area contributed by atoms with Gasteiger partial charge < -0.3 is 15.2 Å². The number of carbonyl (C=O) groups is 1. The van der Waals surface area contributed by atoms with Crippen molar-refractivity contribution in [2.75, 3.05) is 7.05 Å². The number of hydrogen-bond donors (Lipinski definition) is 2. The topological polar surface area (TPSA) is 46.1 Å². The fourth-order valence-corrected chi connectivity index (χ4v) is 1.37. The van der Waals surface area contributed by atoms with Crippen molar-refractivity contribution >= 4 is 5.91 Å². The lowest BCUT2D eigenvalue weighted by molar-refractivity contribution is -0.122. The molecule has 1 amide bonds. The van der Waals surface area contributed by atoms with E-state index in [4.69, 9.17) is 0 Å². The molecule has 0 fully saturated rings. The number of likely N-dealkylation sites (N-methyl/N-ethyl adjacent to an activating group) is 1. The summed E-state index contributed by atoms with van der Waals surface area (Å²) < 4.78 is 2.11. The molecule has 1 unspecified atom stereocenters. The number of hydrogen-bond acceptors (Lipinski definition) is 2. The number of aryl methyl sites for hydroxylation is 1. The molecule has 0 spiro atoms. The molecule has 0 radical (unpaired) electrons. The van der Waals surface area contributed by atoms with Crippen molar-refractivity contribution in [1.82, 2.24) is 15.2 Å². The molecule has 4 heteroatoms. The van der Waals surface area contributed by atoms with Crippen LogP contribution in [0.25, 0.3) is 0 Å². The van der Waals surface area contributed by atoms with Gasteiger partial charge in [0.05, 0.1) is 6.04 Å². The van der Waals surface area contributed by atoms with Gasteiger partial charge >= 0.3 is 0 Å². The maximum Gasteiger partial charge on any atom is 0.236 e. The molecule has 2 N–H and O–H groups in total. The summed E-state index contributed by atoms with van der Waals surface area (Å²) in [6.45, 7) is 5.66. The molecule has 1 atom stereocenters. The van der Waals surface area contributed by atoms with Gasteiger partial charge in [0.1, 0.15) is 0 Å². The summed E-state index contributed by atoms with van der Waals surface area (Å²) in [7, 11) is 1.65.